The number of imide groups is 2. The van der Waals surface area contributed by atoms with E-state index >= 15 is 0 Å². The number of carbonyl (C=O) groups is 5. The van der Waals surface area contributed by atoms with Crippen molar-refractivity contribution >= 4 is 29.4 Å². The van der Waals surface area contributed by atoms with Gasteiger partial charge in [-0.15, -0.1) is 0 Å². The van der Waals surface area contributed by atoms with E-state index in [9.17, 15) is 24.0 Å². The van der Waals surface area contributed by atoms with Gasteiger partial charge in [0.05, 0.1) is 6.42 Å². The number of carbonyl (C=O) groups excluding carboxylic acids is 5. The predicted molar refractivity (Wildman–Crippen MR) is 72.9 cm³/mol. The van der Waals surface area contributed by atoms with Crippen LogP contribution in [0.3, 0.4) is 0 Å². The second-order valence-corrected chi connectivity index (χ2v) is 5.05. The molecule has 1 atom stereocenters. The van der Waals surface area contributed by atoms with Crippen LogP contribution in [0.1, 0.15) is 22.3 Å². The molecule has 1 N–H and O–H groups in total. The Balaban J connectivity index is 0.000000162. The van der Waals surface area contributed by atoms with E-state index in [1.165, 1.54) is 0 Å². The highest BCUT2D eigenvalue weighted by Crippen LogP contribution is 2.20. The van der Waals surface area contributed by atoms with Crippen molar-refractivity contribution in [1.29, 1.82) is 0 Å². The highest BCUT2D eigenvalue weighted by molar-refractivity contribution is 6.17. The molecular formula is C15H10N2O6. The summed E-state index contributed by atoms with van der Waals surface area (Å²) in [7, 11) is 0. The third-order valence-corrected chi connectivity index (χ3v) is 3.64. The van der Waals surface area contributed by atoms with Gasteiger partial charge in [-0.2, -0.15) is 5.06 Å². The Morgan fingerprint density at radius 3 is 1.87 bits per heavy atom. The van der Waals surface area contributed by atoms with Crippen LogP contribution in [0.2, 0.25) is 0 Å². The molecule has 116 valence electrons. The van der Waals surface area contributed by atoms with E-state index in [1.54, 1.807) is 0 Å². The topological polar surface area (TPSA) is 112 Å². The Bertz CT molecular complexity index is 750. The minimum atomic E-state index is -1.21. The van der Waals surface area contributed by atoms with Crippen molar-refractivity contribution < 1.29 is 29.2 Å². The predicted octanol–water partition coefficient (Wildman–Crippen LogP) is -0.341. The number of nitrogens with zero attached hydrogens (tertiary/aromatic N) is 2. The summed E-state index contributed by atoms with van der Waals surface area (Å²) in [5.74, 6) is -2.88. The molecule has 4 aliphatic rings. The first-order valence-electron chi connectivity index (χ1n) is 6.66. The molecule has 1 aromatic rings. The Hall–Kier alpha value is -3.13. The quantitative estimate of drug-likeness (QED) is 0.569. The standard InChI is InChI=1S/C8H6N2O5.C7H4O/c11-5-1-2-6(12)9(5)4-3-7(13)10(15)8(4)14;8-7-5-2-1-3-6(7)4-5/h1-2,4,15H,3H2;1-4H. The molecule has 1 aromatic carbocycles. The van der Waals surface area contributed by atoms with Gasteiger partial charge in [0.15, 0.2) is 5.78 Å². The molecular weight excluding hydrogens is 304 g/mol. The van der Waals surface area contributed by atoms with Gasteiger partial charge in [-0.1, -0.05) is 18.2 Å². The van der Waals surface area contributed by atoms with E-state index in [1.807, 2.05) is 24.3 Å². The maximum atomic E-state index is 11.3. The van der Waals surface area contributed by atoms with Crippen LogP contribution in [0.4, 0.5) is 0 Å². The lowest BCUT2D eigenvalue weighted by atomic mass is 9.92. The largest absolute Gasteiger partial charge is 0.289 e. The lowest BCUT2D eigenvalue weighted by Crippen LogP contribution is -2.44. The summed E-state index contributed by atoms with van der Waals surface area (Å²) in [6.45, 7) is 0. The van der Waals surface area contributed by atoms with Crippen LogP contribution in [0.15, 0.2) is 36.4 Å². The monoisotopic (exact) mass is 314 g/mol. The number of amides is 4. The third kappa shape index (κ3) is 2.34. The molecule has 1 saturated heterocycles. The molecule has 1 fully saturated rings. The average Bonchev–Trinajstić information content (AvgIpc) is 3.01. The van der Waals surface area contributed by atoms with Crippen LogP contribution in [0.25, 0.3) is 0 Å². The summed E-state index contributed by atoms with van der Waals surface area (Å²) in [4.78, 5) is 55.9. The normalized spacial score (nSPS) is 21.6. The van der Waals surface area contributed by atoms with Gasteiger partial charge in [0, 0.05) is 23.3 Å². The zero-order valence-corrected chi connectivity index (χ0v) is 11.6. The van der Waals surface area contributed by atoms with Gasteiger partial charge in [-0.05, 0) is 6.07 Å². The zero-order chi connectivity index (χ0) is 16.7. The molecule has 2 aliphatic heterocycles. The molecule has 1 unspecified atom stereocenters. The fourth-order valence-electron chi connectivity index (χ4n) is 2.41. The Morgan fingerprint density at radius 1 is 0.957 bits per heavy atom. The van der Waals surface area contributed by atoms with E-state index in [-0.39, 0.29) is 17.3 Å². The summed E-state index contributed by atoms with van der Waals surface area (Å²) in [5, 5.41) is 8.87. The third-order valence-electron chi connectivity index (χ3n) is 3.64. The summed E-state index contributed by atoms with van der Waals surface area (Å²) in [6.07, 6.45) is 1.66. The second-order valence-electron chi connectivity index (χ2n) is 5.05. The van der Waals surface area contributed by atoms with Crippen molar-refractivity contribution in [2.75, 3.05) is 0 Å². The first kappa shape index (κ1) is 14.8. The van der Waals surface area contributed by atoms with Gasteiger partial charge in [0.1, 0.15) is 6.04 Å². The van der Waals surface area contributed by atoms with Crippen LogP contribution < -0.4 is 0 Å². The van der Waals surface area contributed by atoms with Crippen LogP contribution in [0.5, 0.6) is 0 Å². The smallest absolute Gasteiger partial charge is 0.277 e. The molecule has 0 saturated carbocycles. The van der Waals surface area contributed by atoms with Crippen molar-refractivity contribution in [3.8, 4) is 0 Å². The summed E-state index contributed by atoms with van der Waals surface area (Å²) in [5.41, 5.74) is 1.70. The molecule has 2 aliphatic carbocycles. The van der Waals surface area contributed by atoms with Crippen LogP contribution in [0, 0.1) is 0 Å². The van der Waals surface area contributed by atoms with Gasteiger partial charge in [0.2, 0.25) is 0 Å². The highest BCUT2D eigenvalue weighted by Gasteiger charge is 2.46. The maximum absolute atomic E-state index is 11.3. The van der Waals surface area contributed by atoms with E-state index in [4.69, 9.17) is 5.21 Å². The highest BCUT2D eigenvalue weighted by atomic mass is 16.5. The molecule has 2 bridgehead atoms. The van der Waals surface area contributed by atoms with Crippen LogP contribution in [-0.4, -0.2) is 50.6 Å². The van der Waals surface area contributed by atoms with Gasteiger partial charge in [-0.3, -0.25) is 34.1 Å². The number of rotatable bonds is 1. The molecule has 4 amide bonds. The van der Waals surface area contributed by atoms with Crippen LogP contribution >= 0.6 is 0 Å². The zero-order valence-electron chi connectivity index (χ0n) is 11.6. The minimum absolute atomic E-state index is 0.0659. The number of fused-ring (bicyclic) bond motifs is 2. The second kappa shape index (κ2) is 5.25. The number of hydroxylamine groups is 2. The molecule has 0 spiro atoms. The fraction of sp³-hybridized carbons (Fsp3) is 0.133. The fourth-order valence-corrected chi connectivity index (χ4v) is 2.41. The lowest BCUT2D eigenvalue weighted by Gasteiger charge is -2.18. The molecule has 0 aromatic heterocycles. The van der Waals surface area contributed by atoms with Gasteiger partial charge < -0.3 is 0 Å². The summed E-state index contributed by atoms with van der Waals surface area (Å²) >= 11 is 0. The van der Waals surface area contributed by atoms with Crippen LogP contribution in [-0.2, 0) is 19.2 Å². The lowest BCUT2D eigenvalue weighted by molar-refractivity contribution is -0.173. The van der Waals surface area contributed by atoms with E-state index < -0.39 is 29.7 Å². The van der Waals surface area contributed by atoms with Crippen molar-refractivity contribution in [3.63, 3.8) is 0 Å². The number of benzene rings is 1. The van der Waals surface area contributed by atoms with Crippen molar-refractivity contribution in [2.24, 2.45) is 0 Å². The summed E-state index contributed by atoms with van der Waals surface area (Å²) < 4.78 is 0. The number of hydrogen-bond acceptors (Lipinski definition) is 6. The molecule has 2 heterocycles. The minimum Gasteiger partial charge on any atom is -0.289 e. The molecule has 5 rings (SSSR count). The molecule has 8 heteroatoms. The average molecular weight is 314 g/mol. The Labute approximate surface area is 129 Å². The molecule has 0 radical (unpaired) electrons. The van der Waals surface area contributed by atoms with E-state index in [0.29, 0.717) is 4.90 Å². The van der Waals surface area contributed by atoms with Gasteiger partial charge in [-0.25, -0.2) is 0 Å². The molecule has 8 nitrogen and oxygen atoms in total. The first-order chi connectivity index (χ1) is 10.9. The molecule has 23 heavy (non-hydrogen) atoms. The summed E-state index contributed by atoms with van der Waals surface area (Å²) in [6, 6.07) is 6.23. The Morgan fingerprint density at radius 2 is 1.52 bits per heavy atom. The van der Waals surface area contributed by atoms with Crippen molar-refractivity contribution in [3.05, 3.63) is 47.5 Å². The van der Waals surface area contributed by atoms with Crippen molar-refractivity contribution in [1.82, 2.24) is 9.96 Å². The van der Waals surface area contributed by atoms with Crippen molar-refractivity contribution in [2.45, 2.75) is 12.5 Å². The van der Waals surface area contributed by atoms with E-state index in [0.717, 1.165) is 23.3 Å². The Kier molecular flexibility index (Phi) is 3.38. The number of hydrogen-bond donors (Lipinski definition) is 1. The van der Waals surface area contributed by atoms with Gasteiger partial charge >= 0.3 is 0 Å². The number of ketones is 1. The van der Waals surface area contributed by atoms with Gasteiger partial charge in [0.25, 0.3) is 23.6 Å². The van der Waals surface area contributed by atoms with E-state index in [2.05, 4.69) is 0 Å². The SMILES string of the molecule is O=C1CC(N2C(=O)C=CC2=O)C(=O)N1O.O=C1c2cccc1c2. The first-order valence-corrected chi connectivity index (χ1v) is 6.66. The maximum Gasteiger partial charge on any atom is 0.277 e.